The van der Waals surface area contributed by atoms with E-state index in [1.165, 1.54) is 24.1 Å². The molecule has 0 spiro atoms. The highest BCUT2D eigenvalue weighted by atomic mass is 16.1. The first-order valence-corrected chi connectivity index (χ1v) is 11.7. The maximum atomic E-state index is 12.2. The zero-order valence-electron chi connectivity index (χ0n) is 19.8. The number of hydrogen-bond donors (Lipinski definition) is 3. The quantitative estimate of drug-likeness (QED) is 0.415. The molecule has 1 aliphatic rings. The van der Waals surface area contributed by atoms with E-state index in [0.717, 1.165) is 36.7 Å². The van der Waals surface area contributed by atoms with E-state index in [2.05, 4.69) is 57.0 Å². The molecule has 0 radical (unpaired) electrons. The van der Waals surface area contributed by atoms with Crippen LogP contribution in [0.5, 0.6) is 0 Å². The molecule has 0 aliphatic carbocycles. The Kier molecular flexibility index (Phi) is 8.54. The van der Waals surface area contributed by atoms with Crippen LogP contribution in [0.2, 0.25) is 0 Å². The van der Waals surface area contributed by atoms with Gasteiger partial charge in [0.15, 0.2) is 5.96 Å². The molecule has 3 N–H and O–H groups in total. The van der Waals surface area contributed by atoms with Gasteiger partial charge in [-0.15, -0.1) is 0 Å². The lowest BCUT2D eigenvalue weighted by atomic mass is 10.1. The number of guanidine groups is 1. The number of nitrogens with zero attached hydrogens (tertiary/aromatic N) is 2. The zero-order chi connectivity index (χ0) is 22.9. The second kappa shape index (κ2) is 11.6. The molecule has 2 unspecified atom stereocenters. The Hall–Kier alpha value is -3.02. The van der Waals surface area contributed by atoms with Crippen molar-refractivity contribution in [2.75, 3.05) is 30.4 Å². The molecule has 1 aliphatic heterocycles. The minimum absolute atomic E-state index is 0.00488. The van der Waals surface area contributed by atoms with E-state index in [9.17, 15) is 4.79 Å². The zero-order valence-corrected chi connectivity index (χ0v) is 19.8. The summed E-state index contributed by atoms with van der Waals surface area (Å²) in [6, 6.07) is 16.8. The summed E-state index contributed by atoms with van der Waals surface area (Å²) >= 11 is 0. The Morgan fingerprint density at radius 3 is 2.56 bits per heavy atom. The van der Waals surface area contributed by atoms with Crippen molar-refractivity contribution in [2.45, 2.75) is 52.6 Å². The van der Waals surface area contributed by atoms with Crippen molar-refractivity contribution < 1.29 is 4.79 Å². The smallest absolute Gasteiger partial charge is 0.227 e. The van der Waals surface area contributed by atoms with Crippen LogP contribution in [0.3, 0.4) is 0 Å². The molecule has 1 heterocycles. The van der Waals surface area contributed by atoms with Crippen LogP contribution in [0.15, 0.2) is 53.5 Å². The van der Waals surface area contributed by atoms with Crippen molar-refractivity contribution in [1.29, 1.82) is 0 Å². The summed E-state index contributed by atoms with van der Waals surface area (Å²) in [5, 5.41) is 9.88. The first-order chi connectivity index (χ1) is 15.5. The number of anilines is 2. The standard InChI is InChI=1S/C26H37N5O/c1-5-19(2)25(32)30-23-12-8-10-21(16-23)18-28-26(27-4)29-20(3)22-11-9-13-24(17-22)31-14-6-7-15-31/h8-13,16-17,19-20H,5-7,14-15,18H2,1-4H3,(H,30,32)(H2,27,28,29). The Morgan fingerprint density at radius 2 is 1.84 bits per heavy atom. The first-order valence-electron chi connectivity index (χ1n) is 11.7. The van der Waals surface area contributed by atoms with Crippen LogP contribution >= 0.6 is 0 Å². The fourth-order valence-electron chi connectivity index (χ4n) is 3.84. The van der Waals surface area contributed by atoms with Crippen LogP contribution in [0, 0.1) is 5.92 Å². The van der Waals surface area contributed by atoms with E-state index in [-0.39, 0.29) is 17.9 Å². The fourth-order valence-corrected chi connectivity index (χ4v) is 3.84. The molecule has 0 aromatic heterocycles. The molecule has 2 aromatic rings. The third kappa shape index (κ3) is 6.49. The largest absolute Gasteiger partial charge is 0.372 e. The van der Waals surface area contributed by atoms with Gasteiger partial charge >= 0.3 is 0 Å². The molecule has 3 rings (SSSR count). The van der Waals surface area contributed by atoms with Gasteiger partial charge in [0.2, 0.25) is 5.91 Å². The first kappa shape index (κ1) is 23.6. The van der Waals surface area contributed by atoms with Gasteiger partial charge in [-0.05, 0) is 61.6 Å². The highest BCUT2D eigenvalue weighted by Crippen LogP contribution is 2.24. The van der Waals surface area contributed by atoms with Crippen molar-refractivity contribution in [1.82, 2.24) is 10.6 Å². The van der Waals surface area contributed by atoms with Crippen molar-refractivity contribution in [3.05, 3.63) is 59.7 Å². The summed E-state index contributed by atoms with van der Waals surface area (Å²) in [5.74, 6) is 0.809. The Balaban J connectivity index is 1.56. The van der Waals surface area contributed by atoms with E-state index >= 15 is 0 Å². The summed E-state index contributed by atoms with van der Waals surface area (Å²) in [4.78, 5) is 19.0. The summed E-state index contributed by atoms with van der Waals surface area (Å²) in [7, 11) is 1.78. The molecule has 0 bridgehead atoms. The average Bonchev–Trinajstić information content (AvgIpc) is 3.36. The van der Waals surface area contributed by atoms with E-state index in [4.69, 9.17) is 0 Å². The molecule has 1 saturated heterocycles. The number of benzene rings is 2. The second-order valence-corrected chi connectivity index (χ2v) is 8.58. The van der Waals surface area contributed by atoms with Crippen LogP contribution in [0.25, 0.3) is 0 Å². The molecule has 6 heteroatoms. The Morgan fingerprint density at radius 1 is 1.09 bits per heavy atom. The van der Waals surface area contributed by atoms with E-state index in [1.807, 2.05) is 38.1 Å². The second-order valence-electron chi connectivity index (χ2n) is 8.58. The van der Waals surface area contributed by atoms with Gasteiger partial charge in [-0.1, -0.05) is 38.1 Å². The SMILES string of the molecule is CCC(C)C(=O)Nc1cccc(CNC(=NC)NC(C)c2cccc(N3CCCC3)c2)c1. The van der Waals surface area contributed by atoms with E-state index in [1.54, 1.807) is 7.05 Å². The number of hydrogen-bond acceptors (Lipinski definition) is 3. The van der Waals surface area contributed by atoms with Gasteiger partial charge in [-0.2, -0.15) is 0 Å². The lowest BCUT2D eigenvalue weighted by molar-refractivity contribution is -0.119. The molecule has 172 valence electrons. The van der Waals surface area contributed by atoms with Crippen molar-refractivity contribution in [2.24, 2.45) is 10.9 Å². The third-order valence-electron chi connectivity index (χ3n) is 6.13. The summed E-state index contributed by atoms with van der Waals surface area (Å²) < 4.78 is 0. The monoisotopic (exact) mass is 435 g/mol. The summed E-state index contributed by atoms with van der Waals surface area (Å²) in [6.45, 7) is 9.02. The lowest BCUT2D eigenvalue weighted by Crippen LogP contribution is -2.38. The number of carbonyl (C=O) groups excluding carboxylic acids is 1. The number of amides is 1. The lowest BCUT2D eigenvalue weighted by Gasteiger charge is -2.22. The van der Waals surface area contributed by atoms with Gasteiger partial charge in [0.1, 0.15) is 0 Å². The van der Waals surface area contributed by atoms with E-state index < -0.39 is 0 Å². The van der Waals surface area contributed by atoms with Gasteiger partial charge < -0.3 is 20.9 Å². The number of rotatable bonds is 8. The molecule has 1 fully saturated rings. The number of nitrogens with one attached hydrogen (secondary N) is 3. The van der Waals surface area contributed by atoms with Crippen molar-refractivity contribution >= 4 is 23.2 Å². The predicted octanol–water partition coefficient (Wildman–Crippen LogP) is 4.70. The van der Waals surface area contributed by atoms with Gasteiger partial charge in [0.05, 0.1) is 6.04 Å². The molecule has 1 amide bonds. The van der Waals surface area contributed by atoms with Crippen LogP contribution in [0.1, 0.15) is 57.2 Å². The molecule has 0 saturated carbocycles. The molecule has 32 heavy (non-hydrogen) atoms. The summed E-state index contributed by atoms with van der Waals surface area (Å²) in [5.41, 5.74) is 4.45. The highest BCUT2D eigenvalue weighted by molar-refractivity contribution is 5.92. The van der Waals surface area contributed by atoms with Crippen LogP contribution in [0.4, 0.5) is 11.4 Å². The molecule has 6 nitrogen and oxygen atoms in total. The van der Waals surface area contributed by atoms with Gasteiger partial charge in [-0.25, -0.2) is 0 Å². The fraction of sp³-hybridized carbons (Fsp3) is 0.462. The van der Waals surface area contributed by atoms with Gasteiger partial charge in [0.25, 0.3) is 0 Å². The molecular formula is C26H37N5O. The number of carbonyl (C=O) groups is 1. The van der Waals surface area contributed by atoms with Crippen LogP contribution in [-0.4, -0.2) is 32.0 Å². The topological polar surface area (TPSA) is 68.8 Å². The van der Waals surface area contributed by atoms with Crippen LogP contribution < -0.4 is 20.9 Å². The third-order valence-corrected chi connectivity index (χ3v) is 6.13. The minimum Gasteiger partial charge on any atom is -0.372 e. The van der Waals surface area contributed by atoms with Gasteiger partial charge in [-0.3, -0.25) is 9.79 Å². The minimum atomic E-state index is 0.00488. The molecule has 2 aromatic carbocycles. The predicted molar refractivity (Wildman–Crippen MR) is 134 cm³/mol. The summed E-state index contributed by atoms with van der Waals surface area (Å²) in [6.07, 6.45) is 3.38. The number of aliphatic imine (C=N–C) groups is 1. The Labute approximate surface area is 192 Å². The van der Waals surface area contributed by atoms with E-state index in [0.29, 0.717) is 6.54 Å². The maximum absolute atomic E-state index is 12.2. The highest BCUT2D eigenvalue weighted by Gasteiger charge is 2.15. The molecular weight excluding hydrogens is 398 g/mol. The maximum Gasteiger partial charge on any atom is 0.227 e. The van der Waals surface area contributed by atoms with Gasteiger partial charge in [0, 0.05) is 44.0 Å². The van der Waals surface area contributed by atoms with Crippen molar-refractivity contribution in [3.63, 3.8) is 0 Å². The molecule has 2 atom stereocenters. The van der Waals surface area contributed by atoms with Crippen LogP contribution in [-0.2, 0) is 11.3 Å². The normalized spacial score (nSPS) is 15.9. The van der Waals surface area contributed by atoms with Crippen molar-refractivity contribution in [3.8, 4) is 0 Å². The average molecular weight is 436 g/mol. The Bertz CT molecular complexity index is 920.